The topological polar surface area (TPSA) is 65.1 Å². The lowest BCUT2D eigenvalue weighted by Gasteiger charge is -2.22. The van der Waals surface area contributed by atoms with Crippen molar-refractivity contribution >= 4 is 17.6 Å². The van der Waals surface area contributed by atoms with E-state index < -0.39 is 17.4 Å². The number of benzene rings is 1. The highest BCUT2D eigenvalue weighted by Gasteiger charge is 2.67. The molecule has 3 aliphatic rings. The molecule has 6 nitrogen and oxygen atoms in total. The molecule has 2 fully saturated rings. The molecule has 2 saturated heterocycles. The predicted molar refractivity (Wildman–Crippen MR) is 94.9 cm³/mol. The van der Waals surface area contributed by atoms with Crippen LogP contribution in [0.15, 0.2) is 36.4 Å². The summed E-state index contributed by atoms with van der Waals surface area (Å²) >= 11 is 0. The largest absolute Gasteiger partial charge is 0.497 e. The van der Waals surface area contributed by atoms with Gasteiger partial charge in [-0.25, -0.2) is 0 Å². The molecule has 3 aliphatic heterocycles. The lowest BCUT2D eigenvalue weighted by molar-refractivity contribution is -0.152. The summed E-state index contributed by atoms with van der Waals surface area (Å²) in [6.45, 7) is 2.84. The molecule has 4 rings (SSSR count). The first kappa shape index (κ1) is 17.1. The zero-order valence-electron chi connectivity index (χ0n) is 15.0. The lowest BCUT2D eigenvalue weighted by atomic mass is 9.77. The normalized spacial score (nSPS) is 31.4. The summed E-state index contributed by atoms with van der Waals surface area (Å²) in [5.74, 6) is -0.765. The quantitative estimate of drug-likeness (QED) is 0.444. The number of carbonyl (C=O) groups excluding carboxylic acids is 2. The van der Waals surface area contributed by atoms with Crippen molar-refractivity contribution in [1.82, 2.24) is 0 Å². The molecule has 6 heteroatoms. The SMILES string of the molecule is CCCCOC(=O)[C@H]1[C@H]2C=C[C@@]3(CN(c4ccc(OC)cc4)C(=O)[C@@H]13)O2. The summed E-state index contributed by atoms with van der Waals surface area (Å²) in [7, 11) is 1.60. The van der Waals surface area contributed by atoms with Crippen LogP contribution in [0.25, 0.3) is 0 Å². The highest BCUT2D eigenvalue weighted by Crippen LogP contribution is 2.52. The molecule has 1 aromatic rings. The second-order valence-electron chi connectivity index (χ2n) is 7.04. The van der Waals surface area contributed by atoms with Crippen molar-refractivity contribution in [3.63, 3.8) is 0 Å². The molecule has 3 heterocycles. The number of rotatable bonds is 6. The first-order valence-corrected chi connectivity index (χ1v) is 9.09. The number of hydrogen-bond donors (Lipinski definition) is 0. The molecule has 0 aromatic heterocycles. The van der Waals surface area contributed by atoms with Crippen LogP contribution in [0.5, 0.6) is 5.75 Å². The molecule has 1 amide bonds. The van der Waals surface area contributed by atoms with Crippen LogP contribution in [0, 0.1) is 11.8 Å². The fourth-order valence-electron chi connectivity index (χ4n) is 4.16. The number of carbonyl (C=O) groups is 2. The third kappa shape index (κ3) is 2.51. The molecular weight excluding hydrogens is 334 g/mol. The minimum absolute atomic E-state index is 0.0838. The van der Waals surface area contributed by atoms with E-state index in [0.29, 0.717) is 13.2 Å². The molecule has 0 saturated carbocycles. The van der Waals surface area contributed by atoms with Crippen molar-refractivity contribution in [3.05, 3.63) is 36.4 Å². The first-order valence-electron chi connectivity index (χ1n) is 9.09. The zero-order chi connectivity index (χ0) is 18.3. The minimum Gasteiger partial charge on any atom is -0.497 e. The summed E-state index contributed by atoms with van der Waals surface area (Å²) in [6, 6.07) is 7.33. The monoisotopic (exact) mass is 357 g/mol. The van der Waals surface area contributed by atoms with Gasteiger partial charge in [-0.05, 0) is 30.7 Å². The van der Waals surface area contributed by atoms with Gasteiger partial charge in [0.1, 0.15) is 17.3 Å². The van der Waals surface area contributed by atoms with Crippen molar-refractivity contribution in [3.8, 4) is 5.75 Å². The van der Waals surface area contributed by atoms with Gasteiger partial charge in [-0.3, -0.25) is 9.59 Å². The number of unbranched alkanes of at least 4 members (excludes halogenated alkanes) is 1. The van der Waals surface area contributed by atoms with E-state index >= 15 is 0 Å². The number of esters is 1. The van der Waals surface area contributed by atoms with Crippen LogP contribution in [0.3, 0.4) is 0 Å². The maximum absolute atomic E-state index is 13.1. The first-order chi connectivity index (χ1) is 12.6. The molecule has 26 heavy (non-hydrogen) atoms. The predicted octanol–water partition coefficient (Wildman–Crippen LogP) is 2.32. The Morgan fingerprint density at radius 1 is 1.35 bits per heavy atom. The Kier molecular flexibility index (Phi) is 4.23. The lowest BCUT2D eigenvalue weighted by Crippen LogP contribution is -2.40. The third-order valence-corrected chi connectivity index (χ3v) is 5.50. The Balaban J connectivity index is 1.57. The molecule has 4 atom stereocenters. The number of ether oxygens (including phenoxy) is 3. The minimum atomic E-state index is -0.726. The fourth-order valence-corrected chi connectivity index (χ4v) is 4.16. The summed E-state index contributed by atoms with van der Waals surface area (Å²) in [5.41, 5.74) is 0.0500. The van der Waals surface area contributed by atoms with Crippen LogP contribution in [0.4, 0.5) is 5.69 Å². The van der Waals surface area contributed by atoms with Gasteiger partial charge in [0.15, 0.2) is 0 Å². The number of anilines is 1. The van der Waals surface area contributed by atoms with Crippen molar-refractivity contribution in [2.75, 3.05) is 25.2 Å². The Morgan fingerprint density at radius 2 is 2.12 bits per heavy atom. The van der Waals surface area contributed by atoms with E-state index in [0.717, 1.165) is 24.3 Å². The summed E-state index contributed by atoms with van der Waals surface area (Å²) < 4.78 is 16.7. The fraction of sp³-hybridized carbons (Fsp3) is 0.500. The molecule has 0 unspecified atom stereocenters. The van der Waals surface area contributed by atoms with Crippen LogP contribution in [-0.2, 0) is 19.1 Å². The van der Waals surface area contributed by atoms with Gasteiger partial charge >= 0.3 is 5.97 Å². The van der Waals surface area contributed by atoms with Gasteiger partial charge in [0.25, 0.3) is 0 Å². The van der Waals surface area contributed by atoms with Gasteiger partial charge in [-0.2, -0.15) is 0 Å². The Bertz CT molecular complexity index is 743. The molecular formula is C20H23NO5. The highest BCUT2D eigenvalue weighted by atomic mass is 16.6. The van der Waals surface area contributed by atoms with Crippen LogP contribution in [0.1, 0.15) is 19.8 Å². The summed E-state index contributed by atoms with van der Waals surface area (Å²) in [5, 5.41) is 0. The van der Waals surface area contributed by atoms with Gasteiger partial charge in [-0.15, -0.1) is 0 Å². The Morgan fingerprint density at radius 3 is 2.81 bits per heavy atom. The molecule has 1 spiro atoms. The number of methoxy groups -OCH3 is 1. The van der Waals surface area contributed by atoms with E-state index in [1.807, 2.05) is 43.3 Å². The van der Waals surface area contributed by atoms with Crippen molar-refractivity contribution < 1.29 is 23.8 Å². The molecule has 2 bridgehead atoms. The second kappa shape index (κ2) is 6.43. The van der Waals surface area contributed by atoms with Crippen molar-refractivity contribution in [1.29, 1.82) is 0 Å². The van der Waals surface area contributed by atoms with E-state index in [1.54, 1.807) is 12.0 Å². The van der Waals surface area contributed by atoms with Crippen LogP contribution < -0.4 is 9.64 Å². The molecule has 1 aromatic carbocycles. The molecule has 138 valence electrons. The van der Waals surface area contributed by atoms with Gasteiger partial charge in [0, 0.05) is 5.69 Å². The van der Waals surface area contributed by atoms with Crippen LogP contribution >= 0.6 is 0 Å². The number of hydrogen-bond acceptors (Lipinski definition) is 5. The third-order valence-electron chi connectivity index (χ3n) is 5.50. The van der Waals surface area contributed by atoms with Gasteiger partial charge in [0.05, 0.1) is 32.3 Å². The van der Waals surface area contributed by atoms with Gasteiger partial charge < -0.3 is 19.1 Å². The maximum atomic E-state index is 13.1. The standard InChI is InChI=1S/C20H23NO5/c1-3-4-11-25-19(23)16-15-9-10-20(26-15)12-21(18(22)17(16)20)13-5-7-14(24-2)8-6-13/h5-10,15-17H,3-4,11-12H2,1-2H3/t15-,16+,17-,20+/m1/s1. The van der Waals surface area contributed by atoms with Crippen molar-refractivity contribution in [2.45, 2.75) is 31.5 Å². The van der Waals surface area contributed by atoms with E-state index in [1.165, 1.54) is 0 Å². The number of fused-ring (bicyclic) bond motifs is 1. The second-order valence-corrected chi connectivity index (χ2v) is 7.04. The van der Waals surface area contributed by atoms with E-state index in [2.05, 4.69) is 0 Å². The average Bonchev–Trinajstić information content (AvgIpc) is 3.30. The van der Waals surface area contributed by atoms with E-state index in [4.69, 9.17) is 14.2 Å². The molecule has 0 aliphatic carbocycles. The average molecular weight is 357 g/mol. The maximum Gasteiger partial charge on any atom is 0.312 e. The van der Waals surface area contributed by atoms with Gasteiger partial charge in [0.2, 0.25) is 5.91 Å². The Labute approximate surface area is 152 Å². The highest BCUT2D eigenvalue weighted by molar-refractivity contribution is 6.02. The summed E-state index contributed by atoms with van der Waals surface area (Å²) in [6.07, 6.45) is 5.25. The van der Waals surface area contributed by atoms with Gasteiger partial charge in [-0.1, -0.05) is 25.5 Å². The molecule has 0 radical (unpaired) electrons. The molecule has 0 N–H and O–H groups in total. The number of nitrogens with zero attached hydrogens (tertiary/aromatic N) is 1. The smallest absolute Gasteiger partial charge is 0.312 e. The van der Waals surface area contributed by atoms with E-state index in [-0.39, 0.29) is 18.0 Å². The van der Waals surface area contributed by atoms with Crippen molar-refractivity contribution in [2.24, 2.45) is 11.8 Å². The number of amides is 1. The van der Waals surface area contributed by atoms with Crippen LogP contribution in [-0.4, -0.2) is 43.8 Å². The van der Waals surface area contributed by atoms with Crippen LogP contribution in [0.2, 0.25) is 0 Å². The zero-order valence-corrected chi connectivity index (χ0v) is 15.0. The Hall–Kier alpha value is -2.34. The van der Waals surface area contributed by atoms with E-state index in [9.17, 15) is 9.59 Å². The summed E-state index contributed by atoms with van der Waals surface area (Å²) in [4.78, 5) is 27.4.